The minimum atomic E-state index is -0.0803. The molecule has 2 nitrogen and oxygen atoms in total. The molecular formula is C30H46CaO2. The van der Waals surface area contributed by atoms with E-state index < -0.39 is 0 Å². The van der Waals surface area contributed by atoms with Crippen LogP contribution in [0.3, 0.4) is 0 Å². The maximum absolute atomic E-state index is 12.4. The zero-order valence-corrected chi connectivity index (χ0v) is 26.0. The van der Waals surface area contributed by atoms with Gasteiger partial charge < -0.3 is 10.2 Å². The van der Waals surface area contributed by atoms with Crippen LogP contribution in [-0.4, -0.2) is 37.7 Å². The third-order valence-electron chi connectivity index (χ3n) is 5.70. The summed E-state index contributed by atoms with van der Waals surface area (Å²) in [5.41, 5.74) is 5.74. The Morgan fingerprint density at radius 1 is 0.424 bits per heavy atom. The van der Waals surface area contributed by atoms with Crippen molar-refractivity contribution in [3.05, 3.63) is 57.6 Å². The molecule has 0 saturated heterocycles. The van der Waals surface area contributed by atoms with E-state index in [2.05, 4.69) is 96.9 Å². The molecule has 2 aromatic rings. The van der Waals surface area contributed by atoms with Gasteiger partial charge in [0.05, 0.1) is 0 Å². The molecule has 33 heavy (non-hydrogen) atoms. The fraction of sp³-hybridized carbons (Fsp3) is 0.600. The van der Waals surface area contributed by atoms with Crippen LogP contribution in [0.25, 0.3) is 0 Å². The third-order valence-corrected chi connectivity index (χ3v) is 5.70. The van der Waals surface area contributed by atoms with Crippen LogP contribution in [0.15, 0.2) is 24.3 Å². The second-order valence-corrected chi connectivity index (χ2v) is 13.4. The molecule has 2 aromatic carbocycles. The molecule has 0 fully saturated rings. The topological polar surface area (TPSA) is 46.1 Å². The summed E-state index contributed by atoms with van der Waals surface area (Å²) in [7, 11) is 0. The Morgan fingerprint density at radius 3 is 0.697 bits per heavy atom. The Balaban J connectivity index is 0.000000602. The molecule has 0 aromatic heterocycles. The standard InChI is InChI=1S/2C15H24O.Ca/c2*1-10-8-11(14(2,3)4)13(16)12(9-10)15(5,6)7;/h2*8-9,16H,1-7H3;/q;;+2/p-2. The predicted octanol–water partition coefficient (Wildman–Crippen LogP) is 6.95. The Kier molecular flexibility index (Phi) is 10.7. The van der Waals surface area contributed by atoms with E-state index >= 15 is 0 Å². The first-order chi connectivity index (χ1) is 14.1. The maximum Gasteiger partial charge on any atom is 2.00 e. The van der Waals surface area contributed by atoms with Gasteiger partial charge in [-0.25, -0.2) is 0 Å². The van der Waals surface area contributed by atoms with Crippen LogP contribution in [0.4, 0.5) is 0 Å². The molecule has 0 amide bonds. The fourth-order valence-electron chi connectivity index (χ4n) is 3.77. The predicted molar refractivity (Wildman–Crippen MR) is 142 cm³/mol. The average molecular weight is 479 g/mol. The van der Waals surface area contributed by atoms with Gasteiger partial charge in [-0.05, 0) is 57.8 Å². The normalized spacial score (nSPS) is 12.5. The first kappa shape index (κ1) is 32.3. The summed E-state index contributed by atoms with van der Waals surface area (Å²) in [6.07, 6.45) is 0. The Morgan fingerprint density at radius 2 is 0.576 bits per heavy atom. The summed E-state index contributed by atoms with van der Waals surface area (Å²) in [5, 5.41) is 24.8. The molecule has 0 aliphatic rings. The van der Waals surface area contributed by atoms with Gasteiger partial charge in [-0.15, -0.1) is 11.5 Å². The number of aryl methyl sites for hydroxylation is 2. The van der Waals surface area contributed by atoms with Crippen LogP contribution in [0.5, 0.6) is 11.5 Å². The van der Waals surface area contributed by atoms with Gasteiger partial charge >= 0.3 is 37.7 Å². The van der Waals surface area contributed by atoms with Crippen LogP contribution in [0.2, 0.25) is 0 Å². The second kappa shape index (κ2) is 10.9. The molecular weight excluding hydrogens is 432 g/mol. The Labute approximate surface area is 234 Å². The van der Waals surface area contributed by atoms with Crippen LogP contribution >= 0.6 is 0 Å². The quantitative estimate of drug-likeness (QED) is 0.385. The number of rotatable bonds is 0. The van der Waals surface area contributed by atoms with E-state index in [0.717, 1.165) is 22.3 Å². The average Bonchev–Trinajstić information content (AvgIpc) is 2.55. The molecule has 0 atom stereocenters. The summed E-state index contributed by atoms with van der Waals surface area (Å²) < 4.78 is 0. The molecule has 2 rings (SSSR count). The van der Waals surface area contributed by atoms with Gasteiger partial charge in [-0.1, -0.05) is 118 Å². The molecule has 0 heterocycles. The molecule has 0 aliphatic heterocycles. The van der Waals surface area contributed by atoms with Gasteiger partial charge in [0.1, 0.15) is 0 Å². The fourth-order valence-corrected chi connectivity index (χ4v) is 3.77. The van der Waals surface area contributed by atoms with Crippen molar-refractivity contribution < 1.29 is 10.2 Å². The molecule has 0 aliphatic carbocycles. The van der Waals surface area contributed by atoms with E-state index in [1.807, 2.05) is 24.3 Å². The Hall–Kier alpha value is -0.700. The molecule has 0 N–H and O–H groups in total. The molecule has 0 saturated carbocycles. The molecule has 180 valence electrons. The van der Waals surface area contributed by atoms with E-state index in [-0.39, 0.29) is 70.9 Å². The molecule has 0 radical (unpaired) electrons. The van der Waals surface area contributed by atoms with E-state index in [0.29, 0.717) is 0 Å². The van der Waals surface area contributed by atoms with E-state index in [1.165, 1.54) is 11.1 Å². The second-order valence-electron chi connectivity index (χ2n) is 13.4. The largest absolute Gasteiger partial charge is 2.00 e. The number of benzene rings is 2. The van der Waals surface area contributed by atoms with E-state index in [4.69, 9.17) is 0 Å². The minimum Gasteiger partial charge on any atom is -0.872 e. The summed E-state index contributed by atoms with van der Waals surface area (Å²) in [4.78, 5) is 0. The van der Waals surface area contributed by atoms with Gasteiger partial charge in [0.15, 0.2) is 0 Å². The zero-order valence-electron chi connectivity index (χ0n) is 23.8. The SMILES string of the molecule is Cc1cc(C(C)(C)C)c([O-])c(C(C)(C)C)c1.Cc1cc(C(C)(C)C)c([O-])c(C(C)(C)C)c1.[Ca+2]. The molecule has 0 bridgehead atoms. The monoisotopic (exact) mass is 478 g/mol. The van der Waals surface area contributed by atoms with Crippen LogP contribution < -0.4 is 10.2 Å². The van der Waals surface area contributed by atoms with Gasteiger partial charge in [0.2, 0.25) is 0 Å². The van der Waals surface area contributed by atoms with Crippen molar-refractivity contribution in [1.29, 1.82) is 0 Å². The number of hydrogen-bond acceptors (Lipinski definition) is 2. The molecule has 0 unspecified atom stereocenters. The maximum atomic E-state index is 12.4. The summed E-state index contributed by atoms with van der Waals surface area (Å²) in [5.74, 6) is 0.427. The van der Waals surface area contributed by atoms with Crippen molar-refractivity contribution in [1.82, 2.24) is 0 Å². The summed E-state index contributed by atoms with van der Waals surface area (Å²) in [6, 6.07) is 8.10. The molecule has 3 heteroatoms. The zero-order chi connectivity index (χ0) is 25.4. The third kappa shape index (κ3) is 8.79. The first-order valence-electron chi connectivity index (χ1n) is 11.7. The van der Waals surface area contributed by atoms with E-state index in [9.17, 15) is 10.2 Å². The molecule has 0 spiro atoms. The van der Waals surface area contributed by atoms with Crippen molar-refractivity contribution in [2.75, 3.05) is 0 Å². The van der Waals surface area contributed by atoms with Crippen molar-refractivity contribution in [3.8, 4) is 11.5 Å². The number of hydrogen-bond donors (Lipinski definition) is 0. The van der Waals surface area contributed by atoms with Crippen LogP contribution in [0, 0.1) is 13.8 Å². The van der Waals surface area contributed by atoms with Gasteiger partial charge in [0.25, 0.3) is 0 Å². The first-order valence-corrected chi connectivity index (χ1v) is 11.7. The Bertz CT molecular complexity index is 794. The van der Waals surface area contributed by atoms with Crippen molar-refractivity contribution in [2.45, 2.75) is 119 Å². The van der Waals surface area contributed by atoms with Gasteiger partial charge in [-0.3, -0.25) is 0 Å². The smallest absolute Gasteiger partial charge is 0.872 e. The van der Waals surface area contributed by atoms with Crippen molar-refractivity contribution in [3.63, 3.8) is 0 Å². The van der Waals surface area contributed by atoms with Gasteiger partial charge in [-0.2, -0.15) is 0 Å². The van der Waals surface area contributed by atoms with Crippen LogP contribution in [-0.2, 0) is 21.7 Å². The van der Waals surface area contributed by atoms with Gasteiger partial charge in [0, 0.05) is 0 Å². The minimum absolute atomic E-state index is 0. The summed E-state index contributed by atoms with van der Waals surface area (Å²) >= 11 is 0. The van der Waals surface area contributed by atoms with Crippen LogP contribution in [0.1, 0.15) is 116 Å². The van der Waals surface area contributed by atoms with Crippen molar-refractivity contribution >= 4 is 37.7 Å². The van der Waals surface area contributed by atoms with E-state index in [1.54, 1.807) is 0 Å². The van der Waals surface area contributed by atoms with Crippen molar-refractivity contribution in [2.24, 2.45) is 0 Å². The summed E-state index contributed by atoms with van der Waals surface area (Å²) in [6.45, 7) is 29.2.